The zero-order valence-corrected chi connectivity index (χ0v) is 12.1. The van der Waals surface area contributed by atoms with Gasteiger partial charge in [0.15, 0.2) is 0 Å². The number of carbonyl (C=O) groups excluding carboxylic acids is 2. The monoisotopic (exact) mass is 314 g/mol. The molecule has 0 spiro atoms. The molecule has 1 aliphatic heterocycles. The molecule has 0 bridgehead atoms. The molecule has 0 aromatic heterocycles. The van der Waals surface area contributed by atoms with Gasteiger partial charge < -0.3 is 10.2 Å². The van der Waals surface area contributed by atoms with Crippen LogP contribution in [0.4, 0.5) is 13.2 Å². The highest BCUT2D eigenvalue weighted by Gasteiger charge is 2.32. The number of fused-ring (bicyclic) bond motifs is 1. The lowest BCUT2D eigenvalue weighted by molar-refractivity contribution is -0.140. The number of benzene rings is 1. The van der Waals surface area contributed by atoms with Gasteiger partial charge >= 0.3 is 6.18 Å². The van der Waals surface area contributed by atoms with E-state index in [1.807, 2.05) is 23.5 Å². The molecule has 1 aromatic rings. The van der Waals surface area contributed by atoms with Crippen molar-refractivity contribution in [1.29, 1.82) is 0 Å². The van der Waals surface area contributed by atoms with Crippen molar-refractivity contribution in [3.8, 4) is 0 Å². The maximum absolute atomic E-state index is 12.2. The Bertz CT molecular complexity index is 572. The second-order valence-corrected chi connectivity index (χ2v) is 5.27. The molecule has 7 heteroatoms. The summed E-state index contributed by atoms with van der Waals surface area (Å²) in [5.41, 5.74) is 1.85. The van der Waals surface area contributed by atoms with E-state index in [9.17, 15) is 22.8 Å². The molecule has 22 heavy (non-hydrogen) atoms. The van der Waals surface area contributed by atoms with Crippen molar-refractivity contribution in [1.82, 2.24) is 10.2 Å². The molecule has 0 saturated carbocycles. The summed E-state index contributed by atoms with van der Waals surface area (Å²) in [7, 11) is 0. The summed E-state index contributed by atoms with van der Waals surface area (Å²) in [5.74, 6) is -0.909. The fourth-order valence-corrected chi connectivity index (χ4v) is 2.70. The largest absolute Gasteiger partial charge is 0.405 e. The fraction of sp³-hybridized carbons (Fsp3) is 0.467. The number of nitrogens with one attached hydrogen (secondary N) is 1. The molecule has 4 nitrogen and oxygen atoms in total. The van der Waals surface area contributed by atoms with Crippen LogP contribution in [-0.2, 0) is 16.0 Å². The number of halogens is 3. The van der Waals surface area contributed by atoms with Crippen molar-refractivity contribution < 1.29 is 22.8 Å². The molecular formula is C15H17F3N2O2. The zero-order valence-electron chi connectivity index (χ0n) is 12.1. The lowest BCUT2D eigenvalue weighted by Gasteiger charge is -2.36. The van der Waals surface area contributed by atoms with Gasteiger partial charge in [-0.05, 0) is 17.5 Å². The molecule has 1 heterocycles. The van der Waals surface area contributed by atoms with E-state index in [4.69, 9.17) is 0 Å². The first-order chi connectivity index (χ1) is 10.3. The zero-order chi connectivity index (χ0) is 16.3. The lowest BCUT2D eigenvalue weighted by Crippen LogP contribution is -2.42. The van der Waals surface area contributed by atoms with Gasteiger partial charge in [-0.15, -0.1) is 0 Å². The quantitative estimate of drug-likeness (QED) is 0.930. The first kappa shape index (κ1) is 16.3. The van der Waals surface area contributed by atoms with Gasteiger partial charge in [-0.25, -0.2) is 0 Å². The van der Waals surface area contributed by atoms with Gasteiger partial charge in [0.2, 0.25) is 11.8 Å². The third-order valence-corrected chi connectivity index (χ3v) is 3.68. The van der Waals surface area contributed by atoms with E-state index in [1.54, 1.807) is 6.07 Å². The summed E-state index contributed by atoms with van der Waals surface area (Å²) < 4.78 is 36.5. The van der Waals surface area contributed by atoms with E-state index >= 15 is 0 Å². The maximum Gasteiger partial charge on any atom is 0.405 e. The van der Waals surface area contributed by atoms with Gasteiger partial charge in [0.1, 0.15) is 6.54 Å². The Kier molecular flexibility index (Phi) is 4.73. The molecule has 0 fully saturated rings. The third-order valence-electron chi connectivity index (χ3n) is 3.68. The van der Waals surface area contributed by atoms with Gasteiger partial charge in [-0.1, -0.05) is 24.3 Å². The molecule has 1 unspecified atom stereocenters. The van der Waals surface area contributed by atoms with Crippen LogP contribution in [0.15, 0.2) is 24.3 Å². The molecule has 0 radical (unpaired) electrons. The molecular weight excluding hydrogens is 297 g/mol. The van der Waals surface area contributed by atoms with Crippen molar-refractivity contribution in [3.63, 3.8) is 0 Å². The van der Waals surface area contributed by atoms with Crippen LogP contribution in [0.5, 0.6) is 0 Å². The van der Waals surface area contributed by atoms with Crippen molar-refractivity contribution in [2.45, 2.75) is 32.0 Å². The Labute approximate surface area is 126 Å². The van der Waals surface area contributed by atoms with Gasteiger partial charge in [0.05, 0.1) is 12.5 Å². The number of alkyl halides is 3. The second kappa shape index (κ2) is 6.37. The van der Waals surface area contributed by atoms with E-state index in [-0.39, 0.29) is 12.3 Å². The molecule has 1 aliphatic rings. The number of carbonyl (C=O) groups is 2. The van der Waals surface area contributed by atoms with Gasteiger partial charge in [0.25, 0.3) is 0 Å². The average Bonchev–Trinajstić information content (AvgIpc) is 2.44. The van der Waals surface area contributed by atoms with Crippen molar-refractivity contribution >= 4 is 11.8 Å². The average molecular weight is 314 g/mol. The van der Waals surface area contributed by atoms with Crippen LogP contribution in [0, 0.1) is 0 Å². The molecule has 1 N–H and O–H groups in total. The summed E-state index contributed by atoms with van der Waals surface area (Å²) in [6, 6.07) is 6.86. The predicted molar refractivity (Wildman–Crippen MR) is 74.0 cm³/mol. The third kappa shape index (κ3) is 3.99. The van der Waals surface area contributed by atoms with Crippen LogP contribution in [0.25, 0.3) is 0 Å². The van der Waals surface area contributed by atoms with Crippen LogP contribution < -0.4 is 5.32 Å². The Morgan fingerprint density at radius 1 is 1.32 bits per heavy atom. The number of hydrogen-bond acceptors (Lipinski definition) is 2. The highest BCUT2D eigenvalue weighted by molar-refractivity contribution is 5.79. The minimum atomic E-state index is -4.44. The van der Waals surface area contributed by atoms with E-state index in [0.717, 1.165) is 11.1 Å². The number of hydrogen-bond donors (Lipinski definition) is 1. The number of rotatable bonds is 3. The SMILES string of the molecule is CC(=O)N1CCc2ccccc2C1CC(=O)NCC(F)(F)F. The summed E-state index contributed by atoms with van der Waals surface area (Å²) in [6.45, 7) is 0.498. The van der Waals surface area contributed by atoms with E-state index in [0.29, 0.717) is 13.0 Å². The maximum atomic E-state index is 12.2. The van der Waals surface area contributed by atoms with E-state index < -0.39 is 24.7 Å². The summed E-state index contributed by atoms with van der Waals surface area (Å²) in [6.07, 6.45) is -3.94. The van der Waals surface area contributed by atoms with Gasteiger partial charge in [-0.2, -0.15) is 13.2 Å². The lowest BCUT2D eigenvalue weighted by atomic mass is 9.90. The summed E-state index contributed by atoms with van der Waals surface area (Å²) in [5, 5.41) is 1.86. The first-order valence-corrected chi connectivity index (χ1v) is 6.96. The molecule has 2 rings (SSSR count). The Balaban J connectivity index is 2.14. The molecule has 120 valence electrons. The minimum Gasteiger partial charge on any atom is -0.347 e. The highest BCUT2D eigenvalue weighted by atomic mass is 19.4. The first-order valence-electron chi connectivity index (χ1n) is 6.96. The Morgan fingerprint density at radius 3 is 2.64 bits per heavy atom. The van der Waals surface area contributed by atoms with Crippen LogP contribution in [0.2, 0.25) is 0 Å². The number of nitrogens with zero attached hydrogens (tertiary/aromatic N) is 1. The van der Waals surface area contributed by atoms with Crippen molar-refractivity contribution in [2.24, 2.45) is 0 Å². The smallest absolute Gasteiger partial charge is 0.347 e. The van der Waals surface area contributed by atoms with Gasteiger partial charge in [0, 0.05) is 13.5 Å². The molecule has 1 atom stereocenters. The summed E-state index contributed by atoms with van der Waals surface area (Å²) >= 11 is 0. The highest BCUT2D eigenvalue weighted by Crippen LogP contribution is 2.32. The van der Waals surface area contributed by atoms with E-state index in [2.05, 4.69) is 0 Å². The molecule has 0 saturated heterocycles. The van der Waals surface area contributed by atoms with Crippen LogP contribution in [0.3, 0.4) is 0 Å². The number of amides is 2. The Hall–Kier alpha value is -2.05. The van der Waals surface area contributed by atoms with Gasteiger partial charge in [-0.3, -0.25) is 9.59 Å². The van der Waals surface area contributed by atoms with Crippen molar-refractivity contribution in [2.75, 3.05) is 13.1 Å². The summed E-state index contributed by atoms with van der Waals surface area (Å²) in [4.78, 5) is 25.1. The van der Waals surface area contributed by atoms with Crippen LogP contribution >= 0.6 is 0 Å². The van der Waals surface area contributed by atoms with Crippen LogP contribution in [0.1, 0.15) is 30.5 Å². The molecule has 1 aromatic carbocycles. The second-order valence-electron chi connectivity index (χ2n) is 5.27. The van der Waals surface area contributed by atoms with Crippen LogP contribution in [-0.4, -0.2) is 36.0 Å². The van der Waals surface area contributed by atoms with E-state index in [1.165, 1.54) is 11.8 Å². The van der Waals surface area contributed by atoms with Crippen molar-refractivity contribution in [3.05, 3.63) is 35.4 Å². The topological polar surface area (TPSA) is 49.4 Å². The molecule has 0 aliphatic carbocycles. The standard InChI is InChI=1S/C15H17F3N2O2/c1-10(21)20-7-6-11-4-2-3-5-12(11)13(20)8-14(22)19-9-15(16,17)18/h2-5,13H,6-9H2,1H3,(H,19,22). The Morgan fingerprint density at radius 2 is 2.00 bits per heavy atom. The fourth-order valence-electron chi connectivity index (χ4n) is 2.70. The normalized spacial score (nSPS) is 17.8. The predicted octanol–water partition coefficient (Wildman–Crippen LogP) is 2.20. The minimum absolute atomic E-state index is 0.174. The molecule has 2 amide bonds.